The topological polar surface area (TPSA) is 57.8 Å². The Balaban J connectivity index is 2.19. The van der Waals surface area contributed by atoms with E-state index in [4.69, 9.17) is 0 Å². The highest BCUT2D eigenvalue weighted by Crippen LogP contribution is 2.12. The molecule has 0 unspecified atom stereocenters. The van der Waals surface area contributed by atoms with Crippen LogP contribution >= 0.6 is 15.9 Å². The molecule has 0 aliphatic heterocycles. The molecule has 0 bridgehead atoms. The summed E-state index contributed by atoms with van der Waals surface area (Å²) in [5.74, 6) is -0.128. The van der Waals surface area contributed by atoms with Gasteiger partial charge in [-0.15, -0.1) is 0 Å². The molecule has 1 amide bonds. The molecule has 0 saturated heterocycles. The highest BCUT2D eigenvalue weighted by atomic mass is 79.9. The number of benzene rings is 1. The van der Waals surface area contributed by atoms with Crippen molar-refractivity contribution in [3.05, 3.63) is 41.0 Å². The Labute approximate surface area is 101 Å². The average molecular weight is 280 g/mol. The standard InChI is InChI=1S/C11H10BrN3O/c1-7(12)5-13-11(16)8-2-3-9-6-14-15-10(9)4-8/h2-4,6H,1,5H2,(H,13,16)(H,14,15). The first-order valence-corrected chi connectivity index (χ1v) is 5.51. The van der Waals surface area contributed by atoms with Gasteiger partial charge in [0.2, 0.25) is 0 Å². The molecule has 5 heteroatoms. The predicted molar refractivity (Wildman–Crippen MR) is 66.5 cm³/mol. The SMILES string of the molecule is C=C(Br)CNC(=O)c1ccc2cn[nH]c2c1. The third kappa shape index (κ3) is 2.30. The molecule has 1 heterocycles. The number of nitrogens with zero attached hydrogens (tertiary/aromatic N) is 1. The third-order valence-corrected chi connectivity index (χ3v) is 2.43. The van der Waals surface area contributed by atoms with Crippen LogP contribution in [0.25, 0.3) is 10.9 Å². The van der Waals surface area contributed by atoms with Gasteiger partial charge < -0.3 is 5.32 Å². The third-order valence-electron chi connectivity index (χ3n) is 2.14. The first kappa shape index (κ1) is 10.9. The number of carbonyl (C=O) groups excluding carboxylic acids is 1. The Morgan fingerprint density at radius 1 is 1.56 bits per heavy atom. The summed E-state index contributed by atoms with van der Waals surface area (Å²) in [5.41, 5.74) is 1.45. The van der Waals surface area contributed by atoms with Gasteiger partial charge in [-0.25, -0.2) is 0 Å². The first-order valence-electron chi connectivity index (χ1n) is 4.71. The molecule has 2 N–H and O–H groups in total. The molecule has 0 radical (unpaired) electrons. The van der Waals surface area contributed by atoms with E-state index in [9.17, 15) is 4.79 Å². The van der Waals surface area contributed by atoms with Crippen LogP contribution in [0.3, 0.4) is 0 Å². The van der Waals surface area contributed by atoms with Gasteiger partial charge in [-0.05, 0) is 12.1 Å². The van der Waals surface area contributed by atoms with Gasteiger partial charge in [0.25, 0.3) is 5.91 Å². The zero-order valence-electron chi connectivity index (χ0n) is 8.46. The van der Waals surface area contributed by atoms with Crippen LogP contribution < -0.4 is 5.32 Å². The van der Waals surface area contributed by atoms with Crippen molar-refractivity contribution in [2.75, 3.05) is 6.54 Å². The van der Waals surface area contributed by atoms with E-state index in [1.165, 1.54) is 0 Å². The average Bonchev–Trinajstić information content (AvgIpc) is 2.72. The molecule has 0 saturated carbocycles. The van der Waals surface area contributed by atoms with E-state index >= 15 is 0 Å². The number of aromatic nitrogens is 2. The first-order chi connectivity index (χ1) is 7.66. The van der Waals surface area contributed by atoms with E-state index < -0.39 is 0 Å². The Bertz CT molecular complexity index is 547. The zero-order valence-corrected chi connectivity index (χ0v) is 10.0. The number of hydrogen-bond acceptors (Lipinski definition) is 2. The number of amides is 1. The Hall–Kier alpha value is -1.62. The second-order valence-corrected chi connectivity index (χ2v) is 4.49. The summed E-state index contributed by atoms with van der Waals surface area (Å²) in [6.45, 7) is 4.06. The van der Waals surface area contributed by atoms with Crippen molar-refractivity contribution in [2.24, 2.45) is 0 Å². The number of rotatable bonds is 3. The lowest BCUT2D eigenvalue weighted by Crippen LogP contribution is -2.24. The van der Waals surface area contributed by atoms with Crippen molar-refractivity contribution < 1.29 is 4.79 Å². The molecular formula is C11H10BrN3O. The fraction of sp³-hybridized carbons (Fsp3) is 0.0909. The summed E-state index contributed by atoms with van der Waals surface area (Å²) < 4.78 is 0.739. The zero-order chi connectivity index (χ0) is 11.5. The van der Waals surface area contributed by atoms with Gasteiger partial charge in [0.1, 0.15) is 0 Å². The molecule has 2 rings (SSSR count). The molecule has 0 spiro atoms. The minimum atomic E-state index is -0.128. The summed E-state index contributed by atoms with van der Waals surface area (Å²) in [7, 11) is 0. The van der Waals surface area contributed by atoms with Crippen molar-refractivity contribution in [1.29, 1.82) is 0 Å². The Morgan fingerprint density at radius 2 is 2.38 bits per heavy atom. The number of carbonyl (C=O) groups is 1. The second-order valence-electron chi connectivity index (χ2n) is 3.37. The smallest absolute Gasteiger partial charge is 0.251 e. The maximum absolute atomic E-state index is 11.7. The predicted octanol–water partition coefficient (Wildman–Crippen LogP) is 2.20. The van der Waals surface area contributed by atoms with Gasteiger partial charge in [0, 0.05) is 22.0 Å². The van der Waals surface area contributed by atoms with Gasteiger partial charge in [0.15, 0.2) is 0 Å². The van der Waals surface area contributed by atoms with Crippen molar-refractivity contribution in [2.45, 2.75) is 0 Å². The van der Waals surface area contributed by atoms with Crippen LogP contribution in [0.15, 0.2) is 35.5 Å². The maximum atomic E-state index is 11.7. The largest absolute Gasteiger partial charge is 0.347 e. The summed E-state index contributed by atoms with van der Waals surface area (Å²) in [6, 6.07) is 5.40. The van der Waals surface area contributed by atoms with Crippen LogP contribution in [0, 0.1) is 0 Å². The lowest BCUT2D eigenvalue weighted by Gasteiger charge is -2.03. The monoisotopic (exact) mass is 279 g/mol. The van der Waals surface area contributed by atoms with Gasteiger partial charge in [-0.2, -0.15) is 5.10 Å². The Morgan fingerprint density at radius 3 is 3.12 bits per heavy atom. The maximum Gasteiger partial charge on any atom is 0.251 e. The van der Waals surface area contributed by atoms with Crippen LogP contribution in [0.4, 0.5) is 0 Å². The second kappa shape index (κ2) is 4.49. The lowest BCUT2D eigenvalue weighted by molar-refractivity contribution is 0.0958. The summed E-state index contributed by atoms with van der Waals surface area (Å²) in [6.07, 6.45) is 1.72. The summed E-state index contributed by atoms with van der Waals surface area (Å²) in [5, 5.41) is 10.4. The highest BCUT2D eigenvalue weighted by molar-refractivity contribution is 9.11. The van der Waals surface area contributed by atoms with Gasteiger partial charge >= 0.3 is 0 Å². The number of H-pyrrole nitrogens is 1. The molecular weight excluding hydrogens is 270 g/mol. The van der Waals surface area contributed by atoms with Crippen molar-refractivity contribution in [3.63, 3.8) is 0 Å². The molecule has 1 aromatic carbocycles. The van der Waals surface area contributed by atoms with Gasteiger partial charge in [-0.3, -0.25) is 9.89 Å². The molecule has 0 aliphatic rings. The molecule has 0 fully saturated rings. The number of fused-ring (bicyclic) bond motifs is 1. The van der Waals surface area contributed by atoms with E-state index in [-0.39, 0.29) is 5.91 Å². The molecule has 4 nitrogen and oxygen atoms in total. The minimum Gasteiger partial charge on any atom is -0.347 e. The minimum absolute atomic E-state index is 0.128. The number of nitrogens with one attached hydrogen (secondary N) is 2. The van der Waals surface area contributed by atoms with Gasteiger partial charge in [-0.1, -0.05) is 28.6 Å². The van der Waals surface area contributed by atoms with Crippen LogP contribution in [-0.2, 0) is 0 Å². The van der Waals surface area contributed by atoms with Crippen LogP contribution in [-0.4, -0.2) is 22.6 Å². The van der Waals surface area contributed by atoms with E-state index in [0.717, 1.165) is 15.4 Å². The number of aromatic amines is 1. The van der Waals surface area contributed by atoms with E-state index in [1.807, 2.05) is 6.07 Å². The molecule has 0 aliphatic carbocycles. The Kier molecular flexibility index (Phi) is 3.05. The van der Waals surface area contributed by atoms with E-state index in [2.05, 4.69) is 38.0 Å². The molecule has 82 valence electrons. The van der Waals surface area contributed by atoms with Crippen LogP contribution in [0.2, 0.25) is 0 Å². The highest BCUT2D eigenvalue weighted by Gasteiger charge is 2.06. The molecule has 0 atom stereocenters. The van der Waals surface area contributed by atoms with Crippen molar-refractivity contribution >= 4 is 32.7 Å². The quantitative estimate of drug-likeness (QED) is 0.905. The van der Waals surface area contributed by atoms with Gasteiger partial charge in [0.05, 0.1) is 11.7 Å². The summed E-state index contributed by atoms with van der Waals surface area (Å²) in [4.78, 5) is 11.7. The van der Waals surface area contributed by atoms with Crippen LogP contribution in [0.1, 0.15) is 10.4 Å². The molecule has 1 aromatic heterocycles. The molecule has 16 heavy (non-hydrogen) atoms. The molecule has 2 aromatic rings. The lowest BCUT2D eigenvalue weighted by atomic mass is 10.1. The summed E-state index contributed by atoms with van der Waals surface area (Å²) >= 11 is 3.18. The van der Waals surface area contributed by atoms with Crippen molar-refractivity contribution in [3.8, 4) is 0 Å². The van der Waals surface area contributed by atoms with E-state index in [1.54, 1.807) is 18.3 Å². The fourth-order valence-electron chi connectivity index (χ4n) is 1.36. The normalized spacial score (nSPS) is 10.3. The van der Waals surface area contributed by atoms with E-state index in [0.29, 0.717) is 12.1 Å². The fourth-order valence-corrected chi connectivity index (χ4v) is 1.50. The van der Waals surface area contributed by atoms with Crippen LogP contribution in [0.5, 0.6) is 0 Å². The number of hydrogen-bond donors (Lipinski definition) is 2. The van der Waals surface area contributed by atoms with Crippen molar-refractivity contribution in [1.82, 2.24) is 15.5 Å². The number of halogens is 1.